The number of piperidine rings is 1. The van der Waals surface area contributed by atoms with Crippen molar-refractivity contribution >= 4 is 5.91 Å². The average Bonchev–Trinajstić information content (AvgIpc) is 3.01. The van der Waals surface area contributed by atoms with Crippen LogP contribution in [0.2, 0.25) is 0 Å². The molecule has 0 unspecified atom stereocenters. The van der Waals surface area contributed by atoms with Gasteiger partial charge in [0.2, 0.25) is 5.91 Å². The highest BCUT2D eigenvalue weighted by molar-refractivity contribution is 5.79. The van der Waals surface area contributed by atoms with E-state index in [2.05, 4.69) is 30.8 Å². The van der Waals surface area contributed by atoms with Crippen molar-refractivity contribution in [3.63, 3.8) is 0 Å². The summed E-state index contributed by atoms with van der Waals surface area (Å²) in [6.45, 7) is 6.10. The van der Waals surface area contributed by atoms with Crippen molar-refractivity contribution < 1.29 is 4.79 Å². The first-order valence-electron chi connectivity index (χ1n) is 7.27. The molecule has 1 aromatic rings. The number of hydrogen-bond acceptors (Lipinski definition) is 6. The fourth-order valence-electron chi connectivity index (χ4n) is 2.93. The third kappa shape index (κ3) is 3.13. The van der Waals surface area contributed by atoms with Crippen LogP contribution in [0.15, 0.2) is 0 Å². The normalized spacial score (nSPS) is 22.1. The zero-order chi connectivity index (χ0) is 13.8. The number of tetrazole rings is 1. The van der Waals surface area contributed by atoms with Crippen molar-refractivity contribution in [1.29, 1.82) is 0 Å². The van der Waals surface area contributed by atoms with Gasteiger partial charge in [-0.15, -0.1) is 10.2 Å². The van der Waals surface area contributed by atoms with Gasteiger partial charge in [-0.05, 0) is 25.9 Å². The molecule has 0 aromatic carbocycles. The minimum absolute atomic E-state index is 0.189. The highest BCUT2D eigenvalue weighted by Crippen LogP contribution is 2.20. The molecule has 8 nitrogen and oxygen atoms in total. The maximum Gasteiger partial charge on any atom is 0.225 e. The average molecular weight is 279 g/mol. The van der Waals surface area contributed by atoms with E-state index in [4.69, 9.17) is 0 Å². The first-order chi connectivity index (χ1) is 9.83. The van der Waals surface area contributed by atoms with Gasteiger partial charge in [-0.25, -0.2) is 0 Å². The highest BCUT2D eigenvalue weighted by atomic mass is 16.2. The van der Waals surface area contributed by atoms with Crippen molar-refractivity contribution in [1.82, 2.24) is 35.7 Å². The lowest BCUT2D eigenvalue weighted by atomic mass is 9.95. The van der Waals surface area contributed by atoms with Gasteiger partial charge in [0.1, 0.15) is 0 Å². The number of carbonyl (C=O) groups is 1. The number of carbonyl (C=O) groups excluding carboxylic acids is 1. The van der Waals surface area contributed by atoms with Gasteiger partial charge in [0.15, 0.2) is 5.82 Å². The lowest BCUT2D eigenvalue weighted by Gasteiger charge is -2.35. The van der Waals surface area contributed by atoms with Crippen molar-refractivity contribution in [2.75, 3.05) is 39.3 Å². The topological polar surface area (TPSA) is 90.0 Å². The first-order valence-corrected chi connectivity index (χ1v) is 7.27. The van der Waals surface area contributed by atoms with E-state index in [1.165, 1.54) is 0 Å². The van der Waals surface area contributed by atoms with Crippen LogP contribution in [0.3, 0.4) is 0 Å². The molecule has 2 fully saturated rings. The summed E-state index contributed by atoms with van der Waals surface area (Å²) in [7, 11) is 0. The van der Waals surface area contributed by atoms with E-state index in [0.29, 0.717) is 12.5 Å². The molecule has 2 saturated heterocycles. The quantitative estimate of drug-likeness (QED) is 0.726. The van der Waals surface area contributed by atoms with Gasteiger partial charge in [-0.1, -0.05) is 5.21 Å². The Balaban J connectivity index is 1.46. The number of likely N-dealkylation sites (tertiary alicyclic amines) is 1. The van der Waals surface area contributed by atoms with Crippen LogP contribution in [0.4, 0.5) is 0 Å². The van der Waals surface area contributed by atoms with E-state index in [9.17, 15) is 4.79 Å². The third-order valence-corrected chi connectivity index (χ3v) is 4.12. The zero-order valence-electron chi connectivity index (χ0n) is 11.6. The number of aromatic amines is 1. The van der Waals surface area contributed by atoms with Crippen LogP contribution in [0.1, 0.15) is 18.7 Å². The molecule has 0 bridgehead atoms. The molecule has 1 amide bonds. The number of nitrogens with zero attached hydrogens (tertiary/aromatic N) is 5. The number of hydrogen-bond donors (Lipinski definition) is 2. The maximum absolute atomic E-state index is 12.4. The number of nitrogens with one attached hydrogen (secondary N) is 2. The zero-order valence-corrected chi connectivity index (χ0v) is 11.6. The lowest BCUT2D eigenvalue weighted by molar-refractivity contribution is -0.137. The van der Waals surface area contributed by atoms with Crippen LogP contribution >= 0.6 is 0 Å². The Kier molecular flexibility index (Phi) is 4.22. The Bertz CT molecular complexity index is 421. The van der Waals surface area contributed by atoms with Crippen LogP contribution in [0, 0.1) is 5.92 Å². The van der Waals surface area contributed by atoms with Gasteiger partial charge in [0.25, 0.3) is 0 Å². The van der Waals surface area contributed by atoms with Crippen molar-refractivity contribution in [3.8, 4) is 0 Å². The predicted octanol–water partition coefficient (Wildman–Crippen LogP) is -1.16. The van der Waals surface area contributed by atoms with E-state index in [1.807, 2.05) is 4.90 Å². The number of aromatic nitrogens is 4. The smallest absolute Gasteiger partial charge is 0.225 e. The molecular weight excluding hydrogens is 258 g/mol. The summed E-state index contributed by atoms with van der Waals surface area (Å²) < 4.78 is 0. The van der Waals surface area contributed by atoms with Crippen LogP contribution in [0.5, 0.6) is 0 Å². The van der Waals surface area contributed by atoms with E-state index in [-0.39, 0.29) is 5.92 Å². The summed E-state index contributed by atoms with van der Waals surface area (Å²) in [4.78, 5) is 16.7. The first kappa shape index (κ1) is 13.4. The van der Waals surface area contributed by atoms with E-state index in [0.717, 1.165) is 57.9 Å². The summed E-state index contributed by atoms with van der Waals surface area (Å²) in [5.74, 6) is 1.25. The van der Waals surface area contributed by atoms with Crippen LogP contribution < -0.4 is 5.32 Å². The second-order valence-electron chi connectivity index (χ2n) is 5.45. The Hall–Kier alpha value is -1.54. The van der Waals surface area contributed by atoms with E-state index >= 15 is 0 Å². The molecule has 0 spiro atoms. The standard InChI is InChI=1S/C12H21N7O/c20-12(19-7-3-13-4-8-19)10-1-5-18(6-2-10)9-11-14-16-17-15-11/h10,13H,1-9H2,(H,14,15,16,17). The molecule has 1 aromatic heterocycles. The largest absolute Gasteiger partial charge is 0.340 e. The molecule has 0 saturated carbocycles. The molecule has 20 heavy (non-hydrogen) atoms. The van der Waals surface area contributed by atoms with Gasteiger partial charge in [-0.3, -0.25) is 9.69 Å². The molecule has 2 aliphatic heterocycles. The molecule has 2 N–H and O–H groups in total. The predicted molar refractivity (Wildman–Crippen MR) is 71.6 cm³/mol. The number of amides is 1. The molecular formula is C12H21N7O. The summed E-state index contributed by atoms with van der Waals surface area (Å²) >= 11 is 0. The van der Waals surface area contributed by atoms with Gasteiger partial charge >= 0.3 is 0 Å². The molecule has 0 aliphatic carbocycles. The molecule has 0 radical (unpaired) electrons. The monoisotopic (exact) mass is 279 g/mol. The van der Waals surface area contributed by atoms with Crippen molar-refractivity contribution in [2.24, 2.45) is 5.92 Å². The van der Waals surface area contributed by atoms with Gasteiger partial charge in [-0.2, -0.15) is 5.21 Å². The number of H-pyrrole nitrogens is 1. The van der Waals surface area contributed by atoms with Crippen LogP contribution in [-0.2, 0) is 11.3 Å². The molecule has 8 heteroatoms. The lowest BCUT2D eigenvalue weighted by Crippen LogP contribution is -2.50. The Morgan fingerprint density at radius 2 is 1.95 bits per heavy atom. The molecule has 3 heterocycles. The van der Waals surface area contributed by atoms with Crippen LogP contribution in [0.25, 0.3) is 0 Å². The van der Waals surface area contributed by atoms with Crippen LogP contribution in [-0.4, -0.2) is 75.6 Å². The highest BCUT2D eigenvalue weighted by Gasteiger charge is 2.29. The summed E-state index contributed by atoms with van der Waals surface area (Å²) in [5, 5.41) is 17.2. The summed E-state index contributed by atoms with van der Waals surface area (Å²) in [6.07, 6.45) is 1.86. The summed E-state index contributed by atoms with van der Waals surface area (Å²) in [6, 6.07) is 0. The SMILES string of the molecule is O=C(C1CCN(Cc2nn[nH]n2)CC1)N1CCNCC1. The molecule has 2 aliphatic rings. The third-order valence-electron chi connectivity index (χ3n) is 4.12. The second kappa shape index (κ2) is 6.27. The maximum atomic E-state index is 12.4. The van der Waals surface area contributed by atoms with E-state index < -0.39 is 0 Å². The van der Waals surface area contributed by atoms with Crippen molar-refractivity contribution in [2.45, 2.75) is 19.4 Å². The van der Waals surface area contributed by atoms with Gasteiger partial charge < -0.3 is 10.2 Å². The van der Waals surface area contributed by atoms with Gasteiger partial charge in [0.05, 0.1) is 6.54 Å². The minimum Gasteiger partial charge on any atom is -0.340 e. The molecule has 0 atom stereocenters. The van der Waals surface area contributed by atoms with Gasteiger partial charge in [0, 0.05) is 32.1 Å². The fourth-order valence-corrected chi connectivity index (χ4v) is 2.93. The molecule has 3 rings (SSSR count). The van der Waals surface area contributed by atoms with E-state index in [1.54, 1.807) is 0 Å². The summed E-state index contributed by atoms with van der Waals surface area (Å²) in [5.41, 5.74) is 0. The van der Waals surface area contributed by atoms with Crippen molar-refractivity contribution in [3.05, 3.63) is 5.82 Å². The second-order valence-corrected chi connectivity index (χ2v) is 5.45. The Morgan fingerprint density at radius 1 is 1.20 bits per heavy atom. The minimum atomic E-state index is 0.189. The Morgan fingerprint density at radius 3 is 2.60 bits per heavy atom. The number of piperazine rings is 1. The Labute approximate surface area is 117 Å². The fraction of sp³-hybridized carbons (Fsp3) is 0.833. The number of rotatable bonds is 3. The molecule has 110 valence electrons.